The van der Waals surface area contributed by atoms with Gasteiger partial charge < -0.3 is 15.1 Å². The number of piperazine rings is 1. The molecule has 1 aliphatic heterocycles. The maximum absolute atomic E-state index is 12.6. The molecule has 3 rings (SSSR count). The minimum atomic E-state index is -4.41. The Hall–Kier alpha value is -3.36. The standard InChI is InChI=1S/C22H22F3N3O3/c1-15(19(29)26-13-16-7-9-17(10-8-16)22(23,24)25)14-27-11-12-28(21(31)20(27)30)18-5-3-2-4-6-18/h2-10,15H,11-14H2,1H3,(H,26,29). The molecule has 2 aromatic rings. The molecule has 1 atom stereocenters. The summed E-state index contributed by atoms with van der Waals surface area (Å²) in [6.45, 7) is 2.40. The highest BCUT2D eigenvalue weighted by atomic mass is 19.4. The summed E-state index contributed by atoms with van der Waals surface area (Å²) in [5.74, 6) is -2.26. The highest BCUT2D eigenvalue weighted by molar-refractivity contribution is 6.41. The van der Waals surface area contributed by atoms with Gasteiger partial charge in [-0.05, 0) is 29.8 Å². The van der Waals surface area contributed by atoms with Crippen LogP contribution in [0.15, 0.2) is 54.6 Å². The van der Waals surface area contributed by atoms with Crippen LogP contribution in [0.2, 0.25) is 0 Å². The van der Waals surface area contributed by atoms with Crippen LogP contribution in [-0.2, 0) is 27.1 Å². The van der Waals surface area contributed by atoms with Crippen molar-refractivity contribution in [3.8, 4) is 0 Å². The van der Waals surface area contributed by atoms with Crippen molar-refractivity contribution >= 4 is 23.4 Å². The second-order valence-electron chi connectivity index (χ2n) is 7.36. The Morgan fingerprint density at radius 1 is 1.00 bits per heavy atom. The van der Waals surface area contributed by atoms with Crippen LogP contribution < -0.4 is 10.2 Å². The molecule has 0 radical (unpaired) electrons. The van der Waals surface area contributed by atoms with Crippen LogP contribution >= 0.6 is 0 Å². The number of nitrogens with one attached hydrogen (secondary N) is 1. The monoisotopic (exact) mass is 433 g/mol. The summed E-state index contributed by atoms with van der Waals surface area (Å²) in [5, 5.41) is 2.65. The van der Waals surface area contributed by atoms with Gasteiger partial charge in [-0.15, -0.1) is 0 Å². The van der Waals surface area contributed by atoms with Crippen molar-refractivity contribution < 1.29 is 27.6 Å². The molecule has 0 bridgehead atoms. The van der Waals surface area contributed by atoms with E-state index in [9.17, 15) is 27.6 Å². The van der Waals surface area contributed by atoms with Crippen LogP contribution in [-0.4, -0.2) is 42.3 Å². The fourth-order valence-electron chi connectivity index (χ4n) is 3.29. The summed E-state index contributed by atoms with van der Waals surface area (Å²) >= 11 is 0. The number of hydrogen-bond acceptors (Lipinski definition) is 3. The third-order valence-electron chi connectivity index (χ3n) is 5.07. The SMILES string of the molecule is CC(CN1CCN(c2ccccc2)C(=O)C1=O)C(=O)NCc1ccc(C(F)(F)F)cc1. The van der Waals surface area contributed by atoms with E-state index < -0.39 is 29.5 Å². The number of carbonyl (C=O) groups excluding carboxylic acids is 3. The molecule has 1 saturated heterocycles. The summed E-state index contributed by atoms with van der Waals surface area (Å²) in [6.07, 6.45) is -4.41. The van der Waals surface area contributed by atoms with Crippen LogP contribution in [0.4, 0.5) is 18.9 Å². The van der Waals surface area contributed by atoms with Crippen molar-refractivity contribution in [2.45, 2.75) is 19.6 Å². The van der Waals surface area contributed by atoms with E-state index in [-0.39, 0.29) is 19.0 Å². The first-order valence-corrected chi connectivity index (χ1v) is 9.76. The van der Waals surface area contributed by atoms with E-state index >= 15 is 0 Å². The summed E-state index contributed by atoms with van der Waals surface area (Å²) in [5.41, 5.74) is 0.410. The average Bonchev–Trinajstić information content (AvgIpc) is 2.75. The van der Waals surface area contributed by atoms with Gasteiger partial charge in [-0.1, -0.05) is 37.3 Å². The number of anilines is 1. The smallest absolute Gasteiger partial charge is 0.352 e. The Kier molecular flexibility index (Phi) is 6.62. The predicted octanol–water partition coefficient (Wildman–Crippen LogP) is 2.83. The van der Waals surface area contributed by atoms with Crippen molar-refractivity contribution in [3.63, 3.8) is 0 Å². The number of amides is 3. The molecule has 0 spiro atoms. The van der Waals surface area contributed by atoms with Crippen molar-refractivity contribution in [2.24, 2.45) is 5.92 Å². The lowest BCUT2D eigenvalue weighted by atomic mass is 10.1. The lowest BCUT2D eigenvalue weighted by Gasteiger charge is -2.34. The number of nitrogens with zero attached hydrogens (tertiary/aromatic N) is 2. The lowest BCUT2D eigenvalue weighted by molar-refractivity contribution is -0.147. The molecule has 1 N–H and O–H groups in total. The molecule has 3 amide bonds. The minimum absolute atomic E-state index is 0.0654. The van der Waals surface area contributed by atoms with E-state index in [1.807, 2.05) is 6.07 Å². The Bertz CT molecular complexity index is 946. The fraction of sp³-hybridized carbons (Fsp3) is 0.318. The molecule has 0 aromatic heterocycles. The van der Waals surface area contributed by atoms with E-state index in [1.54, 1.807) is 31.2 Å². The normalized spacial score (nSPS) is 15.7. The van der Waals surface area contributed by atoms with Gasteiger partial charge in [-0.3, -0.25) is 14.4 Å². The summed E-state index contributed by atoms with van der Waals surface area (Å²) in [4.78, 5) is 40.0. The Labute approximate surface area is 177 Å². The van der Waals surface area contributed by atoms with Gasteiger partial charge in [0.2, 0.25) is 5.91 Å². The second kappa shape index (κ2) is 9.20. The van der Waals surface area contributed by atoms with Crippen molar-refractivity contribution in [1.29, 1.82) is 0 Å². The maximum atomic E-state index is 12.6. The minimum Gasteiger partial charge on any atom is -0.352 e. The second-order valence-corrected chi connectivity index (χ2v) is 7.36. The first-order valence-electron chi connectivity index (χ1n) is 9.76. The summed E-state index contributed by atoms with van der Waals surface area (Å²) < 4.78 is 37.8. The third kappa shape index (κ3) is 5.42. The zero-order valence-electron chi connectivity index (χ0n) is 16.9. The van der Waals surface area contributed by atoms with E-state index in [0.717, 1.165) is 12.1 Å². The van der Waals surface area contributed by atoms with Gasteiger partial charge in [0.25, 0.3) is 0 Å². The average molecular weight is 433 g/mol. The zero-order valence-corrected chi connectivity index (χ0v) is 16.9. The summed E-state index contributed by atoms with van der Waals surface area (Å²) in [7, 11) is 0. The van der Waals surface area contributed by atoms with Crippen molar-refractivity contribution in [1.82, 2.24) is 10.2 Å². The van der Waals surface area contributed by atoms with Gasteiger partial charge in [0.1, 0.15) is 0 Å². The van der Waals surface area contributed by atoms with Crippen LogP contribution in [0.1, 0.15) is 18.1 Å². The number of benzene rings is 2. The topological polar surface area (TPSA) is 69.7 Å². The number of carbonyl (C=O) groups is 3. The van der Waals surface area contributed by atoms with Gasteiger partial charge >= 0.3 is 18.0 Å². The quantitative estimate of drug-likeness (QED) is 0.713. The van der Waals surface area contributed by atoms with Gasteiger partial charge in [-0.25, -0.2) is 0 Å². The van der Waals surface area contributed by atoms with E-state index in [0.29, 0.717) is 24.3 Å². The van der Waals surface area contributed by atoms with E-state index in [2.05, 4.69) is 5.32 Å². The first-order chi connectivity index (χ1) is 14.7. The largest absolute Gasteiger partial charge is 0.416 e. The van der Waals surface area contributed by atoms with E-state index in [1.165, 1.54) is 21.9 Å². The number of hydrogen-bond donors (Lipinski definition) is 1. The highest BCUT2D eigenvalue weighted by Crippen LogP contribution is 2.29. The summed E-state index contributed by atoms with van der Waals surface area (Å²) in [6, 6.07) is 13.4. The Balaban J connectivity index is 1.52. The molecule has 9 heteroatoms. The number of rotatable bonds is 6. The van der Waals surface area contributed by atoms with Crippen molar-refractivity contribution in [2.75, 3.05) is 24.5 Å². The molecular weight excluding hydrogens is 411 g/mol. The van der Waals surface area contributed by atoms with E-state index in [4.69, 9.17) is 0 Å². The molecule has 6 nitrogen and oxygen atoms in total. The molecule has 164 valence electrons. The van der Waals surface area contributed by atoms with Crippen LogP contribution in [0.25, 0.3) is 0 Å². The molecular formula is C22H22F3N3O3. The molecule has 2 aromatic carbocycles. The number of halogens is 3. The van der Waals surface area contributed by atoms with Crippen molar-refractivity contribution in [3.05, 3.63) is 65.7 Å². The van der Waals surface area contributed by atoms with Crippen LogP contribution in [0.3, 0.4) is 0 Å². The molecule has 0 saturated carbocycles. The van der Waals surface area contributed by atoms with Gasteiger partial charge in [0.05, 0.1) is 11.5 Å². The molecule has 1 aliphatic rings. The van der Waals surface area contributed by atoms with Gasteiger partial charge in [0, 0.05) is 31.9 Å². The number of alkyl halides is 3. The van der Waals surface area contributed by atoms with Crippen LogP contribution in [0.5, 0.6) is 0 Å². The zero-order chi connectivity index (χ0) is 22.6. The lowest BCUT2D eigenvalue weighted by Crippen LogP contribution is -2.56. The molecule has 1 heterocycles. The molecule has 1 fully saturated rings. The predicted molar refractivity (Wildman–Crippen MR) is 108 cm³/mol. The third-order valence-corrected chi connectivity index (χ3v) is 5.07. The molecule has 0 aliphatic carbocycles. The Morgan fingerprint density at radius 3 is 2.26 bits per heavy atom. The fourth-order valence-corrected chi connectivity index (χ4v) is 3.29. The molecule has 1 unspecified atom stereocenters. The maximum Gasteiger partial charge on any atom is 0.416 e. The number of para-hydroxylation sites is 1. The Morgan fingerprint density at radius 2 is 1.65 bits per heavy atom. The van der Waals surface area contributed by atoms with Gasteiger partial charge in [0.15, 0.2) is 0 Å². The first kappa shape index (κ1) is 22.3. The van der Waals surface area contributed by atoms with Gasteiger partial charge in [-0.2, -0.15) is 13.2 Å². The molecule has 31 heavy (non-hydrogen) atoms. The highest BCUT2D eigenvalue weighted by Gasteiger charge is 2.34. The van der Waals surface area contributed by atoms with Crippen LogP contribution in [0, 0.1) is 5.92 Å².